The Morgan fingerprint density at radius 1 is 0.812 bits per heavy atom. The average Bonchev–Trinajstić information content (AvgIpc) is 3.49. The standard InChI is InChI=1S/C35H39Cl3N2O6S2/c1-34(2)27-21-25(36)11-13-29(27)39(17-5-19-47(41,42)43)31(34)15-9-23-7-8-24(33(23)38)10-16-32-35(3,4)28-22-26(37)12-14-30(28)40(32)18-6-20-48(44,45)46/h9-16,21-22H,5-8,17-20H2,1-4H3,(H-,41,42,43,44,45,46)/p+1. The first-order chi connectivity index (χ1) is 22.3. The fraction of sp³-hybridized carbons (Fsp3) is 0.400. The lowest BCUT2D eigenvalue weighted by molar-refractivity contribution is -0.437. The number of halogens is 3. The number of benzene rings is 2. The zero-order chi connectivity index (χ0) is 35.2. The third-order valence-electron chi connectivity index (χ3n) is 9.39. The molecule has 5 rings (SSSR count). The fourth-order valence-corrected chi connectivity index (χ4v) is 8.60. The second kappa shape index (κ2) is 13.7. The summed E-state index contributed by atoms with van der Waals surface area (Å²) in [4.78, 5) is 2.08. The number of allylic oxidation sites excluding steroid dienone is 8. The van der Waals surface area contributed by atoms with Crippen LogP contribution in [0.4, 0.5) is 11.4 Å². The van der Waals surface area contributed by atoms with Crippen molar-refractivity contribution in [3.05, 3.63) is 104 Å². The van der Waals surface area contributed by atoms with Gasteiger partial charge in [-0.05, 0) is 86.2 Å². The van der Waals surface area contributed by atoms with Gasteiger partial charge < -0.3 is 4.90 Å². The largest absolute Gasteiger partial charge is 0.344 e. The molecular weight excluding hydrogens is 715 g/mol. The second-order valence-corrected chi connectivity index (χ2v) is 17.9. The molecule has 0 atom stereocenters. The Bertz CT molecular complexity index is 2030. The Hall–Kier alpha value is -2.44. The van der Waals surface area contributed by atoms with Crippen molar-refractivity contribution in [3.63, 3.8) is 0 Å². The third-order valence-corrected chi connectivity index (χ3v) is 12.0. The van der Waals surface area contributed by atoms with E-state index in [2.05, 4.69) is 37.2 Å². The molecule has 0 unspecified atom stereocenters. The van der Waals surface area contributed by atoms with E-state index in [0.717, 1.165) is 57.9 Å². The van der Waals surface area contributed by atoms with Crippen LogP contribution in [0.3, 0.4) is 0 Å². The molecule has 2 N–H and O–H groups in total. The van der Waals surface area contributed by atoms with Gasteiger partial charge in [-0.25, -0.2) is 0 Å². The van der Waals surface area contributed by atoms with E-state index in [1.54, 1.807) is 0 Å². The molecule has 2 heterocycles. The first-order valence-electron chi connectivity index (χ1n) is 15.7. The van der Waals surface area contributed by atoms with Gasteiger partial charge in [-0.2, -0.15) is 21.4 Å². The lowest BCUT2D eigenvalue weighted by Gasteiger charge is -2.27. The van der Waals surface area contributed by atoms with Crippen molar-refractivity contribution < 1.29 is 30.5 Å². The number of hydrogen-bond acceptors (Lipinski definition) is 5. The van der Waals surface area contributed by atoms with E-state index in [1.807, 2.05) is 60.7 Å². The molecule has 2 aliphatic heterocycles. The summed E-state index contributed by atoms with van der Waals surface area (Å²) in [5.74, 6) is -0.672. The molecule has 13 heteroatoms. The molecule has 0 saturated heterocycles. The summed E-state index contributed by atoms with van der Waals surface area (Å²) < 4.78 is 66.5. The zero-order valence-electron chi connectivity index (χ0n) is 27.3. The SMILES string of the molecule is CC1(C)C(/C=C/C2=C(Cl)C(=C/C=C3/N(CCCS(=O)(=O)O)c4ccc(Cl)cc4C3(C)C)/CC2)=[N+](CCCS(=O)(=O)O)c2ccc(Cl)cc21. The van der Waals surface area contributed by atoms with Crippen LogP contribution in [0.25, 0.3) is 0 Å². The lowest BCUT2D eigenvalue weighted by Crippen LogP contribution is -2.28. The minimum Gasteiger partial charge on any atom is -0.344 e. The lowest BCUT2D eigenvalue weighted by atomic mass is 9.81. The summed E-state index contributed by atoms with van der Waals surface area (Å²) in [6.45, 7) is 9.19. The van der Waals surface area contributed by atoms with Crippen LogP contribution in [-0.2, 0) is 31.1 Å². The quantitative estimate of drug-likeness (QED) is 0.175. The number of hydrogen-bond donors (Lipinski definition) is 2. The summed E-state index contributed by atoms with van der Waals surface area (Å²) in [5.41, 5.74) is 6.99. The maximum atomic E-state index is 11.4. The van der Waals surface area contributed by atoms with Crippen LogP contribution >= 0.6 is 34.8 Å². The van der Waals surface area contributed by atoms with E-state index in [1.165, 1.54) is 0 Å². The molecule has 0 spiro atoms. The molecule has 1 aliphatic carbocycles. The van der Waals surface area contributed by atoms with Crippen molar-refractivity contribution in [2.45, 2.75) is 64.2 Å². The van der Waals surface area contributed by atoms with E-state index in [0.29, 0.717) is 28.2 Å². The molecule has 48 heavy (non-hydrogen) atoms. The van der Waals surface area contributed by atoms with Gasteiger partial charge in [0.05, 0.1) is 16.9 Å². The number of rotatable bonds is 11. The highest BCUT2D eigenvalue weighted by atomic mass is 35.5. The highest BCUT2D eigenvalue weighted by Gasteiger charge is 2.44. The molecule has 2 aromatic rings. The van der Waals surface area contributed by atoms with E-state index < -0.39 is 31.1 Å². The Balaban J connectivity index is 1.46. The molecule has 0 radical (unpaired) electrons. The minimum atomic E-state index is -4.09. The van der Waals surface area contributed by atoms with Crippen LogP contribution in [0, 0.1) is 0 Å². The first-order valence-corrected chi connectivity index (χ1v) is 20.1. The van der Waals surface area contributed by atoms with Gasteiger partial charge in [-0.15, -0.1) is 0 Å². The van der Waals surface area contributed by atoms with E-state index in [9.17, 15) is 25.9 Å². The van der Waals surface area contributed by atoms with Crippen LogP contribution < -0.4 is 4.90 Å². The van der Waals surface area contributed by atoms with Crippen LogP contribution in [0.15, 0.2) is 82.6 Å². The van der Waals surface area contributed by atoms with E-state index in [-0.39, 0.29) is 24.3 Å². The maximum Gasteiger partial charge on any atom is 0.265 e. The Labute approximate surface area is 298 Å². The van der Waals surface area contributed by atoms with Gasteiger partial charge in [0.1, 0.15) is 6.54 Å². The number of nitrogens with zero attached hydrogens (tertiary/aromatic N) is 2. The monoisotopic (exact) mass is 753 g/mol. The van der Waals surface area contributed by atoms with Crippen molar-refractivity contribution >= 4 is 72.1 Å². The Kier molecular flexibility index (Phi) is 10.5. The smallest absolute Gasteiger partial charge is 0.265 e. The van der Waals surface area contributed by atoms with Crippen LogP contribution in [0.1, 0.15) is 64.5 Å². The van der Waals surface area contributed by atoms with Gasteiger partial charge in [-0.3, -0.25) is 9.11 Å². The van der Waals surface area contributed by atoms with E-state index in [4.69, 9.17) is 34.8 Å². The van der Waals surface area contributed by atoms with Crippen molar-refractivity contribution in [3.8, 4) is 0 Å². The predicted molar refractivity (Wildman–Crippen MR) is 196 cm³/mol. The van der Waals surface area contributed by atoms with Crippen molar-refractivity contribution in [2.24, 2.45) is 0 Å². The summed E-state index contributed by atoms with van der Waals surface area (Å²) in [6, 6.07) is 11.4. The minimum absolute atomic E-state index is 0.249. The summed E-state index contributed by atoms with van der Waals surface area (Å²) in [5, 5.41) is 1.89. The molecule has 0 fully saturated rings. The van der Waals surface area contributed by atoms with Crippen LogP contribution in [0.2, 0.25) is 10.0 Å². The molecule has 0 saturated carbocycles. The predicted octanol–water partition coefficient (Wildman–Crippen LogP) is 8.38. The maximum absolute atomic E-state index is 11.4. The van der Waals surface area contributed by atoms with Gasteiger partial charge in [0.2, 0.25) is 5.69 Å². The summed E-state index contributed by atoms with van der Waals surface area (Å²) >= 11 is 19.7. The normalized spacial score (nSPS) is 20.6. The van der Waals surface area contributed by atoms with Gasteiger partial charge in [-0.1, -0.05) is 60.8 Å². The second-order valence-electron chi connectivity index (χ2n) is 13.5. The average molecular weight is 755 g/mol. The summed E-state index contributed by atoms with van der Waals surface area (Å²) in [6.07, 6.45) is 10.1. The molecule has 0 bridgehead atoms. The third kappa shape index (κ3) is 7.80. The highest BCUT2D eigenvalue weighted by Crippen LogP contribution is 2.49. The molecular formula is C35H40Cl3N2O6S2+. The molecule has 0 aromatic heterocycles. The molecule has 2 aromatic carbocycles. The number of fused-ring (bicyclic) bond motifs is 2. The molecule has 8 nitrogen and oxygen atoms in total. The van der Waals surface area contributed by atoms with Crippen molar-refractivity contribution in [1.29, 1.82) is 0 Å². The molecule has 0 amide bonds. The van der Waals surface area contributed by atoms with Crippen molar-refractivity contribution in [1.82, 2.24) is 0 Å². The van der Waals surface area contributed by atoms with Gasteiger partial charge >= 0.3 is 0 Å². The van der Waals surface area contributed by atoms with Gasteiger partial charge in [0.15, 0.2) is 5.71 Å². The van der Waals surface area contributed by atoms with Gasteiger partial charge in [0.25, 0.3) is 20.2 Å². The van der Waals surface area contributed by atoms with E-state index >= 15 is 0 Å². The summed E-state index contributed by atoms with van der Waals surface area (Å²) in [7, 11) is -8.18. The Morgan fingerprint density at radius 2 is 1.44 bits per heavy atom. The van der Waals surface area contributed by atoms with Crippen LogP contribution in [-0.4, -0.2) is 60.8 Å². The number of anilines is 1. The van der Waals surface area contributed by atoms with Crippen LogP contribution in [0.5, 0.6) is 0 Å². The molecule has 3 aliphatic rings. The topological polar surface area (TPSA) is 115 Å². The fourth-order valence-electron chi connectivity index (χ4n) is 6.95. The first kappa shape index (κ1) is 36.8. The Morgan fingerprint density at radius 3 is 2.10 bits per heavy atom. The highest BCUT2D eigenvalue weighted by molar-refractivity contribution is 7.86. The van der Waals surface area contributed by atoms with Gasteiger partial charge in [0, 0.05) is 62.5 Å². The zero-order valence-corrected chi connectivity index (χ0v) is 31.2. The molecule has 258 valence electrons. The van der Waals surface area contributed by atoms with Crippen molar-refractivity contribution in [2.75, 3.05) is 29.5 Å².